The normalized spacial score (nSPS) is 11.8. The molecule has 1 aromatic heterocycles. The van der Waals surface area contributed by atoms with E-state index in [9.17, 15) is 14.0 Å². The van der Waals surface area contributed by atoms with Gasteiger partial charge >= 0.3 is 5.97 Å². The van der Waals surface area contributed by atoms with Crippen LogP contribution in [-0.4, -0.2) is 29.3 Å². The minimum atomic E-state index is -0.531. The average molecular weight is 433 g/mol. The summed E-state index contributed by atoms with van der Waals surface area (Å²) in [6.45, 7) is 1.84. The number of amides is 1. The van der Waals surface area contributed by atoms with E-state index in [1.54, 1.807) is 23.9 Å². The Hall–Kier alpha value is -2.45. The average Bonchev–Trinajstić information content (AvgIpc) is 3.04. The molecule has 0 aliphatic heterocycles. The fourth-order valence-electron chi connectivity index (χ4n) is 2.72. The molecule has 1 amide bonds. The molecule has 0 bridgehead atoms. The highest BCUT2D eigenvalue weighted by atomic mass is 32.2. The first-order valence-corrected chi connectivity index (χ1v) is 10.9. The van der Waals surface area contributed by atoms with Gasteiger partial charge in [-0.1, -0.05) is 35.1 Å². The molecule has 3 rings (SSSR count). The first kappa shape index (κ1) is 21.3. The number of fused-ring (bicyclic) bond motifs is 1. The van der Waals surface area contributed by atoms with Crippen molar-refractivity contribution in [1.82, 2.24) is 4.57 Å². The topological polar surface area (TPSA) is 60.7 Å². The van der Waals surface area contributed by atoms with Crippen molar-refractivity contribution in [2.24, 2.45) is 4.99 Å². The number of hydrogen-bond donors (Lipinski definition) is 0. The minimum Gasteiger partial charge on any atom is -0.468 e. The van der Waals surface area contributed by atoms with Gasteiger partial charge in [0.2, 0.25) is 5.91 Å². The van der Waals surface area contributed by atoms with Crippen LogP contribution >= 0.6 is 23.1 Å². The Balaban J connectivity index is 1.72. The molecule has 0 unspecified atom stereocenters. The summed E-state index contributed by atoms with van der Waals surface area (Å²) in [6.07, 6.45) is 0.963. The van der Waals surface area contributed by atoms with E-state index in [1.165, 1.54) is 34.6 Å². The van der Waals surface area contributed by atoms with Crippen LogP contribution in [-0.2, 0) is 20.9 Å². The molecule has 0 saturated heterocycles. The zero-order valence-corrected chi connectivity index (χ0v) is 17.8. The maximum Gasteiger partial charge on any atom is 0.325 e. The molecule has 5 nitrogen and oxygen atoms in total. The van der Waals surface area contributed by atoms with Crippen LogP contribution in [0.25, 0.3) is 10.2 Å². The number of carbonyl (C=O) groups excluding carboxylic acids is 2. The van der Waals surface area contributed by atoms with Crippen LogP contribution in [0.5, 0.6) is 0 Å². The molecule has 0 aliphatic rings. The number of hydrogen-bond acceptors (Lipinski definition) is 5. The summed E-state index contributed by atoms with van der Waals surface area (Å²) in [5.74, 6) is -0.490. The van der Waals surface area contributed by atoms with Gasteiger partial charge in [0.1, 0.15) is 12.4 Å². The van der Waals surface area contributed by atoms with Gasteiger partial charge in [0.05, 0.1) is 17.3 Å². The van der Waals surface area contributed by atoms with Crippen LogP contribution in [0.2, 0.25) is 0 Å². The van der Waals surface area contributed by atoms with E-state index >= 15 is 0 Å². The van der Waals surface area contributed by atoms with E-state index in [2.05, 4.69) is 29.3 Å². The highest BCUT2D eigenvalue weighted by molar-refractivity contribution is 7.99. The van der Waals surface area contributed by atoms with Gasteiger partial charge in [-0.3, -0.25) is 9.59 Å². The second kappa shape index (κ2) is 9.84. The number of halogens is 1. The number of aromatic nitrogens is 1. The molecule has 0 radical (unpaired) electrons. The van der Waals surface area contributed by atoms with Crippen LogP contribution in [0.15, 0.2) is 52.4 Å². The highest BCUT2D eigenvalue weighted by Gasteiger charge is 2.14. The summed E-state index contributed by atoms with van der Waals surface area (Å²) in [5.41, 5.74) is 1.47. The summed E-state index contributed by atoms with van der Waals surface area (Å²) in [4.78, 5) is 29.7. The van der Waals surface area contributed by atoms with Gasteiger partial charge in [0.25, 0.3) is 0 Å². The molecule has 3 aromatic rings. The smallest absolute Gasteiger partial charge is 0.325 e. The van der Waals surface area contributed by atoms with Gasteiger partial charge in [-0.2, -0.15) is 4.99 Å². The Morgan fingerprint density at radius 1 is 1.21 bits per heavy atom. The number of methoxy groups -OCH3 is 1. The lowest BCUT2D eigenvalue weighted by atomic mass is 10.2. The SMILES string of the molecule is COC(=O)Cn1c(=NC(=O)CCCSc2ccc(C)cc2)sc2cccc(F)c21. The number of nitrogens with zero attached hydrogens (tertiary/aromatic N) is 2. The molecular weight excluding hydrogens is 411 g/mol. The maximum absolute atomic E-state index is 14.3. The largest absolute Gasteiger partial charge is 0.468 e. The number of esters is 1. The molecule has 29 heavy (non-hydrogen) atoms. The summed E-state index contributed by atoms with van der Waals surface area (Å²) < 4.78 is 21.0. The number of benzene rings is 2. The van der Waals surface area contributed by atoms with Crippen molar-refractivity contribution in [3.05, 3.63) is 58.6 Å². The minimum absolute atomic E-state index is 0.202. The van der Waals surface area contributed by atoms with E-state index in [-0.39, 0.29) is 24.4 Å². The second-order valence-electron chi connectivity index (χ2n) is 6.40. The van der Waals surface area contributed by atoms with Crippen LogP contribution in [0.3, 0.4) is 0 Å². The summed E-state index contributed by atoms with van der Waals surface area (Å²) in [6, 6.07) is 12.9. The molecule has 0 spiro atoms. The first-order valence-electron chi connectivity index (χ1n) is 9.09. The summed E-state index contributed by atoms with van der Waals surface area (Å²) in [7, 11) is 1.27. The zero-order chi connectivity index (χ0) is 20.8. The Morgan fingerprint density at radius 3 is 2.69 bits per heavy atom. The lowest BCUT2D eigenvalue weighted by Crippen LogP contribution is -2.22. The third kappa shape index (κ3) is 5.55. The van der Waals surface area contributed by atoms with Gasteiger partial charge < -0.3 is 9.30 Å². The van der Waals surface area contributed by atoms with Crippen molar-refractivity contribution in [3.8, 4) is 0 Å². The van der Waals surface area contributed by atoms with E-state index in [0.29, 0.717) is 15.9 Å². The Bertz CT molecular complexity index is 1090. The fraction of sp³-hybridized carbons (Fsp3) is 0.286. The quantitative estimate of drug-likeness (QED) is 0.317. The lowest BCUT2D eigenvalue weighted by Gasteiger charge is -2.04. The van der Waals surface area contributed by atoms with E-state index < -0.39 is 11.8 Å². The molecule has 0 aliphatic carbocycles. The highest BCUT2D eigenvalue weighted by Crippen LogP contribution is 2.21. The zero-order valence-electron chi connectivity index (χ0n) is 16.2. The molecule has 0 atom stereocenters. The number of rotatable bonds is 7. The van der Waals surface area contributed by atoms with E-state index in [4.69, 9.17) is 4.74 Å². The van der Waals surface area contributed by atoms with Gasteiger partial charge in [-0.05, 0) is 43.4 Å². The first-order chi connectivity index (χ1) is 14.0. The van der Waals surface area contributed by atoms with Crippen LogP contribution in [0.1, 0.15) is 18.4 Å². The fourth-order valence-corrected chi connectivity index (χ4v) is 4.64. The van der Waals surface area contributed by atoms with Crippen LogP contribution in [0.4, 0.5) is 4.39 Å². The number of aryl methyl sites for hydroxylation is 1. The molecule has 2 aromatic carbocycles. The van der Waals surface area contributed by atoms with Crippen molar-refractivity contribution < 1.29 is 18.7 Å². The van der Waals surface area contributed by atoms with Crippen LogP contribution < -0.4 is 4.80 Å². The van der Waals surface area contributed by atoms with Crippen molar-refractivity contribution in [1.29, 1.82) is 0 Å². The predicted octanol–water partition coefficient (Wildman–Crippen LogP) is 4.32. The molecule has 1 heterocycles. The van der Waals surface area contributed by atoms with Gasteiger partial charge in [0, 0.05) is 11.3 Å². The standard InChI is InChI=1S/C21H21FN2O3S2/c1-14-8-10-15(11-9-14)28-12-4-7-18(25)23-21-24(13-19(26)27-2)20-16(22)5-3-6-17(20)29-21/h3,5-6,8-11H,4,7,12-13H2,1-2H3. The van der Waals surface area contributed by atoms with E-state index in [1.807, 2.05) is 6.92 Å². The van der Waals surface area contributed by atoms with Gasteiger partial charge in [0.15, 0.2) is 4.80 Å². The summed E-state index contributed by atoms with van der Waals surface area (Å²) >= 11 is 2.87. The third-order valence-corrected chi connectivity index (χ3v) is 6.35. The van der Waals surface area contributed by atoms with Crippen molar-refractivity contribution in [2.75, 3.05) is 12.9 Å². The molecule has 8 heteroatoms. The number of thioether (sulfide) groups is 1. The van der Waals surface area contributed by atoms with Crippen molar-refractivity contribution in [2.45, 2.75) is 31.2 Å². The second-order valence-corrected chi connectivity index (χ2v) is 8.58. The number of para-hydroxylation sites is 1. The predicted molar refractivity (Wildman–Crippen MR) is 113 cm³/mol. The number of ether oxygens (including phenoxy) is 1. The van der Waals surface area contributed by atoms with Crippen molar-refractivity contribution >= 4 is 45.2 Å². The van der Waals surface area contributed by atoms with Crippen molar-refractivity contribution in [3.63, 3.8) is 0 Å². The molecule has 0 fully saturated rings. The number of thiazole rings is 1. The molecular formula is C21H21FN2O3S2. The van der Waals surface area contributed by atoms with Gasteiger partial charge in [-0.25, -0.2) is 4.39 Å². The third-order valence-electron chi connectivity index (χ3n) is 4.21. The Morgan fingerprint density at radius 2 is 1.97 bits per heavy atom. The Labute approximate surface area is 176 Å². The lowest BCUT2D eigenvalue weighted by molar-refractivity contribution is -0.141. The molecule has 152 valence electrons. The number of carbonyl (C=O) groups is 2. The van der Waals surface area contributed by atoms with Gasteiger partial charge in [-0.15, -0.1) is 11.8 Å². The monoisotopic (exact) mass is 432 g/mol. The molecule has 0 saturated carbocycles. The summed E-state index contributed by atoms with van der Waals surface area (Å²) in [5, 5.41) is 0. The van der Waals surface area contributed by atoms with E-state index in [0.717, 1.165) is 10.6 Å². The Kier molecular flexibility index (Phi) is 7.22. The maximum atomic E-state index is 14.3. The van der Waals surface area contributed by atoms with Crippen LogP contribution in [0, 0.1) is 12.7 Å². The molecule has 0 N–H and O–H groups in total.